The Hall–Kier alpha value is -2.38. The van der Waals surface area contributed by atoms with Gasteiger partial charge in [0.05, 0.1) is 29.8 Å². The molecule has 1 aliphatic rings. The summed E-state index contributed by atoms with van der Waals surface area (Å²) in [6.07, 6.45) is 1.43. The number of benzene rings is 2. The first-order valence-electron chi connectivity index (χ1n) is 10.1. The summed E-state index contributed by atoms with van der Waals surface area (Å²) in [6, 6.07) is 15.7. The van der Waals surface area contributed by atoms with Crippen LogP contribution in [0.15, 0.2) is 59.2 Å². The molecule has 0 radical (unpaired) electrons. The van der Waals surface area contributed by atoms with E-state index in [1.807, 2.05) is 30.3 Å². The smallest absolute Gasteiger partial charge is 0.275 e. The van der Waals surface area contributed by atoms with Crippen molar-refractivity contribution in [3.8, 4) is 0 Å². The molecule has 0 unspecified atom stereocenters. The molecule has 3 aromatic rings. The number of morpholine rings is 1. The van der Waals surface area contributed by atoms with Crippen molar-refractivity contribution in [2.24, 2.45) is 0 Å². The molecule has 2 aromatic carbocycles. The fraction of sp³-hybridized carbons (Fsp3) is 0.304. The lowest BCUT2D eigenvalue weighted by Gasteiger charge is -2.25. The third kappa shape index (κ3) is 5.66. The maximum atomic E-state index is 12.7. The van der Waals surface area contributed by atoms with Crippen LogP contribution in [0.4, 0.5) is 0 Å². The van der Waals surface area contributed by atoms with Crippen molar-refractivity contribution in [1.82, 2.24) is 14.8 Å². The monoisotopic (exact) mass is 459 g/mol. The minimum absolute atomic E-state index is 0.134. The molecule has 0 spiro atoms. The summed E-state index contributed by atoms with van der Waals surface area (Å²) >= 11 is 12.6. The lowest BCUT2D eigenvalue weighted by molar-refractivity contribution is 0.0299. The molecule has 0 bridgehead atoms. The zero-order valence-corrected chi connectivity index (χ0v) is 18.5. The van der Waals surface area contributed by atoms with Gasteiger partial charge in [0, 0.05) is 26.2 Å². The Balaban J connectivity index is 1.51. The molecule has 162 valence electrons. The van der Waals surface area contributed by atoms with Crippen LogP contribution in [-0.2, 0) is 24.4 Å². The highest BCUT2D eigenvalue weighted by Crippen LogP contribution is 2.27. The van der Waals surface area contributed by atoms with Gasteiger partial charge in [-0.2, -0.15) is 0 Å². The van der Waals surface area contributed by atoms with Crippen molar-refractivity contribution in [1.29, 1.82) is 0 Å². The minimum Gasteiger partial charge on any atom is -0.447 e. The molecule has 1 amide bonds. The van der Waals surface area contributed by atoms with E-state index < -0.39 is 0 Å². The van der Waals surface area contributed by atoms with Gasteiger partial charge >= 0.3 is 0 Å². The second-order valence-electron chi connectivity index (χ2n) is 7.37. The van der Waals surface area contributed by atoms with Gasteiger partial charge in [-0.25, -0.2) is 4.98 Å². The Morgan fingerprint density at radius 3 is 2.55 bits per heavy atom. The van der Waals surface area contributed by atoms with Crippen LogP contribution in [0, 0.1) is 0 Å². The van der Waals surface area contributed by atoms with Crippen LogP contribution in [0.5, 0.6) is 0 Å². The fourth-order valence-corrected chi connectivity index (χ4v) is 3.90. The van der Waals surface area contributed by atoms with E-state index in [0.29, 0.717) is 67.6 Å². The summed E-state index contributed by atoms with van der Waals surface area (Å²) in [5.74, 6) is 0.344. The number of aromatic nitrogens is 1. The van der Waals surface area contributed by atoms with Crippen molar-refractivity contribution in [2.45, 2.75) is 19.6 Å². The van der Waals surface area contributed by atoms with Crippen LogP contribution in [0.2, 0.25) is 10.0 Å². The number of ether oxygens (including phenoxy) is 1. The Bertz CT molecular complexity index is 1020. The van der Waals surface area contributed by atoms with Crippen LogP contribution >= 0.6 is 23.2 Å². The van der Waals surface area contributed by atoms with Gasteiger partial charge in [-0.1, -0.05) is 65.7 Å². The molecule has 1 saturated heterocycles. The third-order valence-corrected chi connectivity index (χ3v) is 5.96. The zero-order chi connectivity index (χ0) is 21.6. The number of nitrogens with zero attached hydrogens (tertiary/aromatic N) is 3. The van der Waals surface area contributed by atoms with Crippen molar-refractivity contribution in [3.05, 3.63) is 87.6 Å². The van der Waals surface area contributed by atoms with E-state index in [9.17, 15) is 4.79 Å². The molecular formula is C23H23Cl2N3O3. The Morgan fingerprint density at radius 2 is 1.77 bits per heavy atom. The van der Waals surface area contributed by atoms with Gasteiger partial charge in [-0.3, -0.25) is 9.69 Å². The third-order valence-electron chi connectivity index (χ3n) is 5.10. The lowest BCUT2D eigenvalue weighted by Crippen LogP contribution is -2.40. The van der Waals surface area contributed by atoms with Gasteiger partial charge in [0.25, 0.3) is 5.91 Å². The van der Waals surface area contributed by atoms with E-state index in [-0.39, 0.29) is 5.91 Å². The first-order valence-corrected chi connectivity index (χ1v) is 10.9. The highest BCUT2D eigenvalue weighted by Gasteiger charge is 2.22. The molecule has 0 saturated carbocycles. The number of halogens is 2. The van der Waals surface area contributed by atoms with Gasteiger partial charge in [0.2, 0.25) is 5.89 Å². The van der Waals surface area contributed by atoms with E-state index in [1.54, 1.807) is 11.0 Å². The van der Waals surface area contributed by atoms with Gasteiger partial charge in [-0.15, -0.1) is 0 Å². The predicted octanol–water partition coefficient (Wildman–Crippen LogP) is 4.66. The van der Waals surface area contributed by atoms with Crippen molar-refractivity contribution in [3.63, 3.8) is 0 Å². The molecule has 1 aliphatic heterocycles. The van der Waals surface area contributed by atoms with Gasteiger partial charge in [-0.05, 0) is 17.2 Å². The summed E-state index contributed by atoms with van der Waals surface area (Å²) in [5.41, 5.74) is 2.38. The standard InChI is InChI=1S/C23H23Cl2N3O3/c24-19-8-4-7-18(22(19)25)14-27(13-17-5-2-1-3-6-17)15-21-26-20(16-31-21)23(29)28-9-11-30-12-10-28/h1-8,16H,9-15H2. The van der Waals surface area contributed by atoms with Crippen LogP contribution in [0.25, 0.3) is 0 Å². The van der Waals surface area contributed by atoms with E-state index in [2.05, 4.69) is 22.0 Å². The molecule has 31 heavy (non-hydrogen) atoms. The Labute approximate surface area is 191 Å². The topological polar surface area (TPSA) is 58.8 Å². The van der Waals surface area contributed by atoms with Crippen LogP contribution in [0.3, 0.4) is 0 Å². The van der Waals surface area contributed by atoms with Crippen LogP contribution in [-0.4, -0.2) is 47.0 Å². The minimum atomic E-state index is -0.134. The van der Waals surface area contributed by atoms with Crippen molar-refractivity contribution >= 4 is 29.1 Å². The lowest BCUT2D eigenvalue weighted by atomic mass is 10.1. The number of rotatable bonds is 7. The average molecular weight is 460 g/mol. The predicted molar refractivity (Wildman–Crippen MR) is 119 cm³/mol. The molecule has 1 aromatic heterocycles. The van der Waals surface area contributed by atoms with Gasteiger partial charge in [0.1, 0.15) is 6.26 Å². The molecule has 0 N–H and O–H groups in total. The van der Waals surface area contributed by atoms with Crippen molar-refractivity contribution < 1.29 is 13.9 Å². The van der Waals surface area contributed by atoms with E-state index in [4.69, 9.17) is 32.4 Å². The van der Waals surface area contributed by atoms with Crippen molar-refractivity contribution in [2.75, 3.05) is 26.3 Å². The normalized spacial score (nSPS) is 14.2. The maximum Gasteiger partial charge on any atom is 0.275 e. The molecule has 0 atom stereocenters. The Kier molecular flexibility index (Phi) is 7.25. The summed E-state index contributed by atoms with van der Waals surface area (Å²) in [5, 5.41) is 1.06. The molecule has 0 aliphatic carbocycles. The maximum absolute atomic E-state index is 12.7. The number of carbonyl (C=O) groups is 1. The first kappa shape index (κ1) is 21.8. The highest BCUT2D eigenvalue weighted by molar-refractivity contribution is 6.42. The number of oxazole rings is 1. The summed E-state index contributed by atoms with van der Waals surface area (Å²) in [6.45, 7) is 3.86. The zero-order valence-electron chi connectivity index (χ0n) is 17.0. The molecule has 4 rings (SSSR count). The number of carbonyl (C=O) groups excluding carboxylic acids is 1. The van der Waals surface area contributed by atoms with Crippen LogP contribution in [0.1, 0.15) is 27.5 Å². The largest absolute Gasteiger partial charge is 0.447 e. The second-order valence-corrected chi connectivity index (χ2v) is 8.16. The van der Waals surface area contributed by atoms with E-state index in [1.165, 1.54) is 6.26 Å². The SMILES string of the molecule is O=C(c1coc(CN(Cc2ccccc2)Cc2cccc(Cl)c2Cl)n1)N1CCOCC1. The van der Waals surface area contributed by atoms with E-state index in [0.717, 1.165) is 11.1 Å². The highest BCUT2D eigenvalue weighted by atomic mass is 35.5. The van der Waals surface area contributed by atoms with Gasteiger partial charge in [0.15, 0.2) is 5.69 Å². The molecular weight excluding hydrogens is 437 g/mol. The average Bonchev–Trinajstić information content (AvgIpc) is 3.26. The van der Waals surface area contributed by atoms with Gasteiger partial charge < -0.3 is 14.1 Å². The van der Waals surface area contributed by atoms with E-state index >= 15 is 0 Å². The number of hydrogen-bond acceptors (Lipinski definition) is 5. The summed E-state index contributed by atoms with van der Waals surface area (Å²) in [4.78, 5) is 21.0. The molecule has 2 heterocycles. The Morgan fingerprint density at radius 1 is 1.00 bits per heavy atom. The van der Waals surface area contributed by atoms with Crippen LogP contribution < -0.4 is 0 Å². The summed E-state index contributed by atoms with van der Waals surface area (Å²) in [7, 11) is 0. The molecule has 8 heteroatoms. The molecule has 6 nitrogen and oxygen atoms in total. The summed E-state index contributed by atoms with van der Waals surface area (Å²) < 4.78 is 11.0. The first-order chi connectivity index (χ1) is 15.1. The number of amides is 1. The second kappa shape index (κ2) is 10.3. The quantitative estimate of drug-likeness (QED) is 0.514. The fourth-order valence-electron chi connectivity index (χ4n) is 3.52. The number of hydrogen-bond donors (Lipinski definition) is 0. The molecule has 1 fully saturated rings.